The number of unbranched alkanes of at least 4 members (excludes halogenated alkanes) is 1. The summed E-state index contributed by atoms with van der Waals surface area (Å²) in [5, 5.41) is 6.06. The van der Waals surface area contributed by atoms with Crippen LogP contribution in [0.4, 0.5) is 41.9 Å². The summed E-state index contributed by atoms with van der Waals surface area (Å²) < 4.78 is 46.3. The maximum absolute atomic E-state index is 12.3. The first-order valence-electron chi connectivity index (χ1n) is 9.57. The molecule has 0 aliphatic rings. The summed E-state index contributed by atoms with van der Waals surface area (Å²) in [4.78, 5) is 8.24. The summed E-state index contributed by atoms with van der Waals surface area (Å²) in [7, 11) is 0. The Hall–Kier alpha value is -3.69. The molecule has 1 aromatic heterocycles. The van der Waals surface area contributed by atoms with E-state index in [0.29, 0.717) is 23.9 Å². The number of benzene rings is 2. The lowest BCUT2D eigenvalue weighted by Crippen LogP contribution is -2.17. The minimum Gasteiger partial charge on any atom is -0.494 e. The van der Waals surface area contributed by atoms with Crippen molar-refractivity contribution in [2.75, 3.05) is 23.0 Å². The fourth-order valence-electron chi connectivity index (χ4n) is 2.58. The summed E-state index contributed by atoms with van der Waals surface area (Å²) in [6.07, 6.45) is -1.36. The standard InChI is InChI=1S/C21H22F3N5O2/c1-2-3-12-30-16-8-4-14(5-9-16)28-19-18(25)20(27-13-26-19)29-15-6-10-17(11-7-15)31-21(22,23)24/h4-11,13H,2-3,12,25H2,1H3,(H2,26,27,28,29). The normalized spacial score (nSPS) is 11.1. The second-order valence-electron chi connectivity index (χ2n) is 6.53. The Balaban J connectivity index is 1.66. The summed E-state index contributed by atoms with van der Waals surface area (Å²) in [5.74, 6) is 1.14. The van der Waals surface area contributed by atoms with Gasteiger partial charge >= 0.3 is 6.36 Å². The number of hydrogen-bond donors (Lipinski definition) is 3. The van der Waals surface area contributed by atoms with Crippen LogP contribution in [0.2, 0.25) is 0 Å². The molecule has 0 fully saturated rings. The molecule has 0 aliphatic heterocycles. The van der Waals surface area contributed by atoms with Crippen molar-refractivity contribution >= 4 is 28.7 Å². The van der Waals surface area contributed by atoms with Gasteiger partial charge in [0.1, 0.15) is 23.5 Å². The van der Waals surface area contributed by atoms with Gasteiger partial charge in [0.2, 0.25) is 0 Å². The van der Waals surface area contributed by atoms with Gasteiger partial charge in [-0.3, -0.25) is 0 Å². The molecule has 10 heteroatoms. The highest BCUT2D eigenvalue weighted by molar-refractivity contribution is 5.80. The molecular weight excluding hydrogens is 411 g/mol. The molecule has 3 aromatic rings. The number of aromatic nitrogens is 2. The summed E-state index contributed by atoms with van der Waals surface area (Å²) in [6, 6.07) is 12.6. The molecule has 2 aromatic carbocycles. The van der Waals surface area contributed by atoms with E-state index >= 15 is 0 Å². The van der Waals surface area contributed by atoms with Gasteiger partial charge in [-0.2, -0.15) is 0 Å². The zero-order valence-corrected chi connectivity index (χ0v) is 16.7. The highest BCUT2D eigenvalue weighted by atomic mass is 19.4. The molecule has 0 saturated heterocycles. The maximum Gasteiger partial charge on any atom is 0.573 e. The molecule has 0 atom stereocenters. The van der Waals surface area contributed by atoms with Gasteiger partial charge < -0.3 is 25.8 Å². The van der Waals surface area contributed by atoms with Crippen LogP contribution < -0.4 is 25.8 Å². The van der Waals surface area contributed by atoms with Crippen LogP contribution in [0.3, 0.4) is 0 Å². The van der Waals surface area contributed by atoms with Gasteiger partial charge in [-0.1, -0.05) is 13.3 Å². The number of nitrogens with one attached hydrogen (secondary N) is 2. The van der Waals surface area contributed by atoms with E-state index < -0.39 is 6.36 Å². The quantitative estimate of drug-likeness (QED) is 0.377. The number of hydrogen-bond acceptors (Lipinski definition) is 7. The molecule has 0 aliphatic carbocycles. The molecule has 0 unspecified atom stereocenters. The van der Waals surface area contributed by atoms with E-state index in [1.165, 1.54) is 30.6 Å². The van der Waals surface area contributed by atoms with E-state index in [0.717, 1.165) is 24.3 Å². The lowest BCUT2D eigenvalue weighted by Gasteiger charge is -2.14. The van der Waals surface area contributed by atoms with Crippen molar-refractivity contribution in [3.05, 3.63) is 54.9 Å². The van der Waals surface area contributed by atoms with Crippen molar-refractivity contribution in [2.24, 2.45) is 0 Å². The topological polar surface area (TPSA) is 94.3 Å². The molecule has 0 saturated carbocycles. The molecule has 1 heterocycles. The minimum absolute atomic E-state index is 0.251. The van der Waals surface area contributed by atoms with Crippen molar-refractivity contribution < 1.29 is 22.6 Å². The third-order valence-electron chi connectivity index (χ3n) is 4.12. The van der Waals surface area contributed by atoms with Gasteiger partial charge in [-0.15, -0.1) is 13.2 Å². The Morgan fingerprint density at radius 2 is 1.39 bits per heavy atom. The first-order valence-corrected chi connectivity index (χ1v) is 9.57. The van der Waals surface area contributed by atoms with Gasteiger partial charge in [-0.25, -0.2) is 9.97 Å². The minimum atomic E-state index is -4.74. The summed E-state index contributed by atoms with van der Waals surface area (Å²) >= 11 is 0. The van der Waals surface area contributed by atoms with Crippen molar-refractivity contribution in [3.8, 4) is 11.5 Å². The predicted octanol–water partition coefficient (Wildman–Crippen LogP) is 5.62. The second-order valence-corrected chi connectivity index (χ2v) is 6.53. The highest BCUT2D eigenvalue weighted by Gasteiger charge is 2.30. The Morgan fingerprint density at radius 1 is 0.871 bits per heavy atom. The third-order valence-corrected chi connectivity index (χ3v) is 4.12. The van der Waals surface area contributed by atoms with E-state index in [4.69, 9.17) is 10.5 Å². The number of nitrogens with two attached hydrogens (primary N) is 1. The lowest BCUT2D eigenvalue weighted by molar-refractivity contribution is -0.274. The fourth-order valence-corrected chi connectivity index (χ4v) is 2.58. The van der Waals surface area contributed by atoms with Crippen molar-refractivity contribution in [1.82, 2.24) is 9.97 Å². The molecule has 0 spiro atoms. The number of nitrogens with zero attached hydrogens (tertiary/aromatic N) is 2. The number of nitrogen functional groups attached to an aromatic ring is 1. The SMILES string of the molecule is CCCCOc1ccc(Nc2ncnc(Nc3ccc(OC(F)(F)F)cc3)c2N)cc1. The predicted molar refractivity (Wildman–Crippen MR) is 113 cm³/mol. The summed E-state index contributed by atoms with van der Waals surface area (Å²) in [5.41, 5.74) is 7.65. The van der Waals surface area contributed by atoms with Gasteiger partial charge in [-0.05, 0) is 55.0 Å². The summed E-state index contributed by atoms with van der Waals surface area (Å²) in [6.45, 7) is 2.77. The van der Waals surface area contributed by atoms with Crippen LogP contribution in [0.25, 0.3) is 0 Å². The lowest BCUT2D eigenvalue weighted by atomic mass is 10.3. The number of anilines is 5. The first-order chi connectivity index (χ1) is 14.8. The molecule has 31 heavy (non-hydrogen) atoms. The van der Waals surface area contributed by atoms with Gasteiger partial charge in [0.25, 0.3) is 0 Å². The van der Waals surface area contributed by atoms with E-state index in [1.54, 1.807) is 0 Å². The molecular formula is C21H22F3N5O2. The van der Waals surface area contributed by atoms with Crippen LogP contribution in [0.5, 0.6) is 11.5 Å². The first kappa shape index (κ1) is 22.0. The molecule has 3 rings (SSSR count). The molecule has 164 valence electrons. The van der Waals surface area contributed by atoms with Crippen LogP contribution in [0.1, 0.15) is 19.8 Å². The maximum atomic E-state index is 12.3. The third kappa shape index (κ3) is 6.66. The highest BCUT2D eigenvalue weighted by Crippen LogP contribution is 2.30. The van der Waals surface area contributed by atoms with Gasteiger partial charge in [0.15, 0.2) is 11.6 Å². The number of ether oxygens (including phenoxy) is 2. The monoisotopic (exact) mass is 433 g/mol. The molecule has 7 nitrogen and oxygen atoms in total. The van der Waals surface area contributed by atoms with Gasteiger partial charge in [0, 0.05) is 11.4 Å². The smallest absolute Gasteiger partial charge is 0.494 e. The van der Waals surface area contributed by atoms with E-state index in [1.807, 2.05) is 24.3 Å². The Morgan fingerprint density at radius 3 is 1.87 bits per heavy atom. The van der Waals surface area contributed by atoms with Crippen LogP contribution in [0.15, 0.2) is 54.9 Å². The molecule has 0 amide bonds. The average Bonchev–Trinajstić information content (AvgIpc) is 2.73. The zero-order valence-electron chi connectivity index (χ0n) is 16.7. The van der Waals surface area contributed by atoms with E-state index in [2.05, 4.69) is 32.3 Å². The van der Waals surface area contributed by atoms with Crippen molar-refractivity contribution in [3.63, 3.8) is 0 Å². The van der Waals surface area contributed by atoms with Crippen LogP contribution >= 0.6 is 0 Å². The van der Waals surface area contributed by atoms with Crippen molar-refractivity contribution in [2.45, 2.75) is 26.1 Å². The number of alkyl halides is 3. The fraction of sp³-hybridized carbons (Fsp3) is 0.238. The van der Waals surface area contributed by atoms with Crippen LogP contribution in [-0.2, 0) is 0 Å². The largest absolute Gasteiger partial charge is 0.573 e. The Labute approximate surface area is 177 Å². The molecule has 4 N–H and O–H groups in total. The van der Waals surface area contributed by atoms with Crippen molar-refractivity contribution in [1.29, 1.82) is 0 Å². The number of rotatable bonds is 9. The van der Waals surface area contributed by atoms with Crippen LogP contribution in [-0.4, -0.2) is 22.9 Å². The Bertz CT molecular complexity index is 980. The van der Waals surface area contributed by atoms with Gasteiger partial charge in [0.05, 0.1) is 6.61 Å². The number of halogens is 3. The Kier molecular flexibility index (Phi) is 7.01. The van der Waals surface area contributed by atoms with E-state index in [9.17, 15) is 13.2 Å². The van der Waals surface area contributed by atoms with E-state index in [-0.39, 0.29) is 11.4 Å². The molecule has 0 radical (unpaired) electrons. The average molecular weight is 433 g/mol. The van der Waals surface area contributed by atoms with Crippen LogP contribution in [0, 0.1) is 0 Å². The zero-order chi connectivity index (χ0) is 22.3. The second kappa shape index (κ2) is 9.88. The molecule has 0 bridgehead atoms.